The monoisotopic (exact) mass is 312 g/mol. The van der Waals surface area contributed by atoms with Gasteiger partial charge in [0.15, 0.2) is 9.84 Å². The third kappa shape index (κ3) is 4.25. The van der Waals surface area contributed by atoms with Crippen LogP contribution in [-0.4, -0.2) is 30.9 Å². The molecule has 116 valence electrons. The topological polar surface area (TPSA) is 89.3 Å². The molecule has 6 nitrogen and oxygen atoms in total. The van der Waals surface area contributed by atoms with Crippen molar-refractivity contribution in [3.05, 3.63) is 39.9 Å². The number of benzene rings is 1. The molecule has 1 aromatic carbocycles. The van der Waals surface area contributed by atoms with Crippen LogP contribution in [0.3, 0.4) is 0 Å². The molecule has 7 heteroatoms. The van der Waals surface area contributed by atoms with Crippen LogP contribution in [0.15, 0.2) is 24.3 Å². The normalized spacial score (nSPS) is 22.6. The van der Waals surface area contributed by atoms with Gasteiger partial charge in [0.1, 0.15) is 0 Å². The van der Waals surface area contributed by atoms with Crippen molar-refractivity contribution in [2.45, 2.75) is 38.3 Å². The zero-order valence-corrected chi connectivity index (χ0v) is 12.8. The maximum absolute atomic E-state index is 11.7. The van der Waals surface area contributed by atoms with E-state index in [0.29, 0.717) is 6.42 Å². The van der Waals surface area contributed by atoms with Crippen molar-refractivity contribution in [3.8, 4) is 0 Å². The van der Waals surface area contributed by atoms with Crippen LogP contribution in [0.2, 0.25) is 0 Å². The summed E-state index contributed by atoms with van der Waals surface area (Å²) < 4.78 is 23.4. The van der Waals surface area contributed by atoms with Gasteiger partial charge in [0.2, 0.25) is 0 Å². The minimum Gasteiger partial charge on any atom is -0.306 e. The van der Waals surface area contributed by atoms with Gasteiger partial charge >= 0.3 is 0 Å². The lowest BCUT2D eigenvalue weighted by Gasteiger charge is -2.28. The molecule has 1 saturated heterocycles. The van der Waals surface area contributed by atoms with Crippen molar-refractivity contribution >= 4 is 15.5 Å². The summed E-state index contributed by atoms with van der Waals surface area (Å²) in [6, 6.07) is 6.37. The van der Waals surface area contributed by atoms with E-state index in [2.05, 4.69) is 5.32 Å². The van der Waals surface area contributed by atoms with Gasteiger partial charge in [-0.1, -0.05) is 19.1 Å². The summed E-state index contributed by atoms with van der Waals surface area (Å²) in [5.74, 6) is 0.414. The number of nitro benzene ring substituents is 1. The maximum atomic E-state index is 11.7. The van der Waals surface area contributed by atoms with Gasteiger partial charge in [-0.05, 0) is 24.8 Å². The number of sulfone groups is 1. The van der Waals surface area contributed by atoms with Crippen molar-refractivity contribution in [3.63, 3.8) is 0 Å². The fourth-order valence-electron chi connectivity index (χ4n) is 2.74. The molecule has 2 atom stereocenters. The van der Waals surface area contributed by atoms with E-state index in [1.165, 1.54) is 6.07 Å². The molecule has 2 rings (SSSR count). The Hall–Kier alpha value is -1.47. The predicted molar refractivity (Wildman–Crippen MR) is 80.9 cm³/mol. The Morgan fingerprint density at radius 1 is 1.48 bits per heavy atom. The molecule has 1 heterocycles. The summed E-state index contributed by atoms with van der Waals surface area (Å²) >= 11 is 0. The van der Waals surface area contributed by atoms with E-state index in [0.717, 1.165) is 18.4 Å². The molecular formula is C14H20N2O4S. The van der Waals surface area contributed by atoms with Gasteiger partial charge in [0.05, 0.1) is 16.4 Å². The summed E-state index contributed by atoms with van der Waals surface area (Å²) in [7, 11) is -2.96. The van der Waals surface area contributed by atoms with Crippen molar-refractivity contribution in [1.29, 1.82) is 0 Å². The van der Waals surface area contributed by atoms with Crippen LogP contribution in [0.4, 0.5) is 5.69 Å². The molecule has 0 radical (unpaired) electrons. The van der Waals surface area contributed by atoms with E-state index in [4.69, 9.17) is 0 Å². The summed E-state index contributed by atoms with van der Waals surface area (Å²) in [6.07, 6.45) is 2.24. The highest BCUT2D eigenvalue weighted by Crippen LogP contribution is 2.24. The van der Waals surface area contributed by atoms with Crippen LogP contribution in [0, 0.1) is 10.1 Å². The van der Waals surface area contributed by atoms with E-state index in [-0.39, 0.29) is 29.3 Å². The van der Waals surface area contributed by atoms with Gasteiger partial charge in [-0.3, -0.25) is 10.1 Å². The summed E-state index contributed by atoms with van der Waals surface area (Å²) in [4.78, 5) is 10.4. The zero-order valence-electron chi connectivity index (χ0n) is 12.0. The van der Waals surface area contributed by atoms with Gasteiger partial charge in [-0.25, -0.2) is 8.42 Å². The molecule has 1 fully saturated rings. The molecule has 1 aliphatic heterocycles. The number of rotatable bonds is 5. The van der Waals surface area contributed by atoms with Crippen LogP contribution < -0.4 is 5.32 Å². The number of hydrogen-bond donors (Lipinski definition) is 1. The smallest absolute Gasteiger partial charge is 0.269 e. The molecule has 0 spiro atoms. The first kappa shape index (κ1) is 15.9. The highest BCUT2D eigenvalue weighted by Gasteiger charge is 2.26. The van der Waals surface area contributed by atoms with E-state index < -0.39 is 14.8 Å². The van der Waals surface area contributed by atoms with Crippen molar-refractivity contribution in [2.75, 3.05) is 11.5 Å². The van der Waals surface area contributed by atoms with Gasteiger partial charge in [-0.15, -0.1) is 0 Å². The van der Waals surface area contributed by atoms with E-state index in [9.17, 15) is 18.5 Å². The van der Waals surface area contributed by atoms with Crippen molar-refractivity contribution < 1.29 is 13.3 Å². The highest BCUT2D eigenvalue weighted by molar-refractivity contribution is 7.91. The van der Waals surface area contributed by atoms with E-state index in [1.54, 1.807) is 12.1 Å². The quantitative estimate of drug-likeness (QED) is 0.665. The Balaban J connectivity index is 2.13. The van der Waals surface area contributed by atoms with Crippen LogP contribution in [-0.2, 0) is 9.84 Å². The van der Waals surface area contributed by atoms with Crippen molar-refractivity contribution in [2.24, 2.45) is 0 Å². The second-order valence-electron chi connectivity index (χ2n) is 5.43. The first-order valence-electron chi connectivity index (χ1n) is 7.12. The highest BCUT2D eigenvalue weighted by atomic mass is 32.2. The van der Waals surface area contributed by atoms with Crippen molar-refractivity contribution in [1.82, 2.24) is 5.32 Å². The standard InChI is InChI=1S/C14H20N2O4S/c1-2-14(11-5-3-7-13(9-11)16(17)18)15-12-6-4-8-21(19,20)10-12/h3,5,7,9,12,14-15H,2,4,6,8,10H2,1H3. The maximum Gasteiger partial charge on any atom is 0.269 e. The molecular weight excluding hydrogens is 292 g/mol. The van der Waals surface area contributed by atoms with Gasteiger partial charge in [-0.2, -0.15) is 0 Å². The number of hydrogen-bond acceptors (Lipinski definition) is 5. The fourth-order valence-corrected chi connectivity index (χ4v) is 4.39. The second-order valence-corrected chi connectivity index (χ2v) is 7.66. The summed E-state index contributed by atoms with van der Waals surface area (Å²) in [6.45, 7) is 1.98. The molecule has 1 aromatic rings. The van der Waals surface area contributed by atoms with Crippen LogP contribution in [0.5, 0.6) is 0 Å². The SMILES string of the molecule is CCC(NC1CCCS(=O)(=O)C1)c1cccc([N+](=O)[O-])c1. The number of nitrogens with zero attached hydrogens (tertiary/aromatic N) is 1. The molecule has 21 heavy (non-hydrogen) atoms. The third-order valence-electron chi connectivity index (χ3n) is 3.79. The van der Waals surface area contributed by atoms with E-state index >= 15 is 0 Å². The Bertz CT molecular complexity index is 615. The number of nitrogens with one attached hydrogen (secondary N) is 1. The summed E-state index contributed by atoms with van der Waals surface area (Å²) in [5, 5.41) is 14.2. The Labute approximate surface area is 124 Å². The molecule has 1 aliphatic rings. The lowest BCUT2D eigenvalue weighted by Crippen LogP contribution is -2.41. The lowest BCUT2D eigenvalue weighted by molar-refractivity contribution is -0.384. The Morgan fingerprint density at radius 3 is 2.86 bits per heavy atom. The second kappa shape index (κ2) is 6.53. The summed E-state index contributed by atoms with van der Waals surface area (Å²) in [5.41, 5.74) is 0.888. The molecule has 0 saturated carbocycles. The lowest BCUT2D eigenvalue weighted by atomic mass is 10.0. The molecule has 1 N–H and O–H groups in total. The average molecular weight is 312 g/mol. The van der Waals surface area contributed by atoms with Crippen LogP contribution in [0.1, 0.15) is 37.8 Å². The average Bonchev–Trinajstić information content (AvgIpc) is 2.44. The van der Waals surface area contributed by atoms with Crippen LogP contribution >= 0.6 is 0 Å². The first-order chi connectivity index (χ1) is 9.91. The third-order valence-corrected chi connectivity index (χ3v) is 5.61. The molecule has 0 aromatic heterocycles. The molecule has 0 aliphatic carbocycles. The van der Waals surface area contributed by atoms with Gasteiger partial charge in [0.25, 0.3) is 5.69 Å². The number of nitro groups is 1. The fraction of sp³-hybridized carbons (Fsp3) is 0.571. The largest absolute Gasteiger partial charge is 0.306 e. The molecule has 0 bridgehead atoms. The predicted octanol–water partition coefficient (Wildman–Crippen LogP) is 2.21. The van der Waals surface area contributed by atoms with Crippen LogP contribution in [0.25, 0.3) is 0 Å². The van der Waals surface area contributed by atoms with Gasteiger partial charge < -0.3 is 5.32 Å². The molecule has 2 unspecified atom stereocenters. The first-order valence-corrected chi connectivity index (χ1v) is 8.94. The Kier molecular flexibility index (Phi) is 4.95. The minimum atomic E-state index is -2.96. The minimum absolute atomic E-state index is 0.0593. The number of non-ortho nitro benzene ring substituents is 1. The van der Waals surface area contributed by atoms with E-state index in [1.807, 2.05) is 13.0 Å². The Morgan fingerprint density at radius 2 is 2.24 bits per heavy atom. The van der Waals surface area contributed by atoms with Gasteiger partial charge in [0, 0.05) is 24.2 Å². The molecule has 0 amide bonds. The zero-order chi connectivity index (χ0) is 15.5.